The van der Waals surface area contributed by atoms with Crippen molar-refractivity contribution in [3.05, 3.63) is 53.2 Å². The molecule has 0 amide bonds. The van der Waals surface area contributed by atoms with Gasteiger partial charge in [0, 0.05) is 0 Å². The lowest BCUT2D eigenvalue weighted by Gasteiger charge is -2.09. The van der Waals surface area contributed by atoms with Gasteiger partial charge in [0.15, 0.2) is 17.3 Å². The van der Waals surface area contributed by atoms with Gasteiger partial charge < -0.3 is 18.3 Å². The average Bonchev–Trinajstić information content (AvgIpc) is 3.18. The molecule has 0 saturated heterocycles. The summed E-state index contributed by atoms with van der Waals surface area (Å²) in [6.45, 7) is 0.505. The maximum Gasteiger partial charge on any atom is 0.437 e. The zero-order chi connectivity index (χ0) is 15.4. The highest BCUT2D eigenvalue weighted by molar-refractivity contribution is 5.42. The number of benzene rings is 1. The lowest BCUT2D eigenvalue weighted by atomic mass is 10.3. The van der Waals surface area contributed by atoms with Gasteiger partial charge in [-0.15, -0.1) is 5.10 Å². The number of aromatic nitrogens is 2. The molecule has 0 saturated carbocycles. The Hall–Kier alpha value is -2.96. The number of methoxy groups -OCH3 is 1. The molecule has 0 bridgehead atoms. The Morgan fingerprint density at radius 2 is 2.00 bits per heavy atom. The molecule has 0 atom stereocenters. The van der Waals surface area contributed by atoms with Gasteiger partial charge in [-0.2, -0.15) is 4.68 Å². The van der Waals surface area contributed by atoms with Crippen molar-refractivity contribution in [1.29, 1.82) is 0 Å². The van der Waals surface area contributed by atoms with Crippen molar-refractivity contribution in [2.45, 2.75) is 6.54 Å². The topological polar surface area (TPSA) is 79.6 Å². The van der Waals surface area contributed by atoms with Crippen LogP contribution in [0.1, 0.15) is 0 Å². The van der Waals surface area contributed by atoms with E-state index in [4.69, 9.17) is 18.3 Å². The van der Waals surface area contributed by atoms with E-state index in [2.05, 4.69) is 5.10 Å². The third-order valence-corrected chi connectivity index (χ3v) is 2.97. The van der Waals surface area contributed by atoms with E-state index in [1.807, 2.05) is 12.1 Å². The van der Waals surface area contributed by atoms with Crippen LogP contribution in [0.3, 0.4) is 0 Å². The van der Waals surface area contributed by atoms with Crippen LogP contribution in [-0.2, 0) is 6.54 Å². The summed E-state index contributed by atoms with van der Waals surface area (Å²) >= 11 is 0. The lowest BCUT2D eigenvalue weighted by molar-refractivity contribution is 0.270. The third-order valence-electron chi connectivity index (χ3n) is 2.97. The average molecular weight is 302 g/mol. The first kappa shape index (κ1) is 14.0. The van der Waals surface area contributed by atoms with Crippen molar-refractivity contribution in [2.75, 3.05) is 13.7 Å². The van der Waals surface area contributed by atoms with Crippen LogP contribution in [-0.4, -0.2) is 23.5 Å². The van der Waals surface area contributed by atoms with Crippen molar-refractivity contribution in [1.82, 2.24) is 9.78 Å². The first-order valence-corrected chi connectivity index (χ1v) is 6.65. The van der Waals surface area contributed by atoms with Crippen LogP contribution < -0.4 is 15.2 Å². The number of rotatable bonds is 6. The maximum atomic E-state index is 11.7. The molecule has 7 heteroatoms. The fourth-order valence-corrected chi connectivity index (χ4v) is 1.93. The van der Waals surface area contributed by atoms with Gasteiger partial charge in [-0.3, -0.25) is 0 Å². The maximum absolute atomic E-state index is 11.7. The smallest absolute Gasteiger partial charge is 0.437 e. The molecule has 114 valence electrons. The molecule has 0 aliphatic rings. The molecule has 0 aliphatic carbocycles. The predicted octanol–water partition coefficient (Wildman–Crippen LogP) is 2.18. The minimum absolute atomic E-state index is 0.146. The summed E-state index contributed by atoms with van der Waals surface area (Å²) in [7, 11) is 1.57. The second-order valence-electron chi connectivity index (χ2n) is 4.37. The monoisotopic (exact) mass is 302 g/mol. The molecule has 2 aromatic heterocycles. The lowest BCUT2D eigenvalue weighted by Crippen LogP contribution is -2.20. The first-order valence-electron chi connectivity index (χ1n) is 6.65. The fourth-order valence-electron chi connectivity index (χ4n) is 1.93. The molecule has 0 N–H and O–H groups in total. The summed E-state index contributed by atoms with van der Waals surface area (Å²) < 4.78 is 22.1. The fraction of sp³-hybridized carbons (Fsp3) is 0.200. The van der Waals surface area contributed by atoms with Gasteiger partial charge in [-0.25, -0.2) is 4.79 Å². The highest BCUT2D eigenvalue weighted by Crippen LogP contribution is 2.25. The summed E-state index contributed by atoms with van der Waals surface area (Å²) in [6.07, 6.45) is 1.49. The Morgan fingerprint density at radius 3 is 2.73 bits per heavy atom. The van der Waals surface area contributed by atoms with Gasteiger partial charge in [0.1, 0.15) is 6.61 Å². The summed E-state index contributed by atoms with van der Waals surface area (Å²) in [5.74, 6) is 1.22. The van der Waals surface area contributed by atoms with Crippen molar-refractivity contribution >= 4 is 0 Å². The summed E-state index contributed by atoms with van der Waals surface area (Å²) in [4.78, 5) is 11.7. The van der Waals surface area contributed by atoms with Crippen LogP contribution in [0.25, 0.3) is 11.7 Å². The van der Waals surface area contributed by atoms with E-state index in [0.29, 0.717) is 17.3 Å². The molecule has 0 spiro atoms. The minimum atomic E-state index is -0.560. The van der Waals surface area contributed by atoms with Crippen LogP contribution in [0.4, 0.5) is 0 Å². The summed E-state index contributed by atoms with van der Waals surface area (Å²) in [5, 5.41) is 4.06. The second-order valence-corrected chi connectivity index (χ2v) is 4.37. The molecule has 0 fully saturated rings. The van der Waals surface area contributed by atoms with Gasteiger partial charge in [0.2, 0.25) is 0 Å². The van der Waals surface area contributed by atoms with Gasteiger partial charge in [-0.1, -0.05) is 12.1 Å². The van der Waals surface area contributed by atoms with E-state index >= 15 is 0 Å². The number of ether oxygens (including phenoxy) is 2. The highest BCUT2D eigenvalue weighted by atomic mass is 16.5. The number of hydrogen-bond acceptors (Lipinski definition) is 6. The molecule has 22 heavy (non-hydrogen) atoms. The number of para-hydroxylation sites is 2. The van der Waals surface area contributed by atoms with E-state index < -0.39 is 5.76 Å². The molecule has 3 rings (SSSR count). The van der Waals surface area contributed by atoms with Gasteiger partial charge >= 0.3 is 5.76 Å². The van der Waals surface area contributed by atoms with Gasteiger partial charge in [0.05, 0.1) is 19.9 Å². The van der Waals surface area contributed by atoms with E-state index in [1.54, 1.807) is 31.4 Å². The molecule has 7 nitrogen and oxygen atoms in total. The Labute approximate surface area is 125 Å². The Kier molecular flexibility index (Phi) is 3.95. The predicted molar refractivity (Wildman–Crippen MR) is 77.0 cm³/mol. The summed E-state index contributed by atoms with van der Waals surface area (Å²) in [5.41, 5.74) is 0. The molecular formula is C15H14N2O5. The standard InChI is InChI=1S/C15H14N2O5/c1-19-11-5-2-3-6-12(11)21-10-8-17-15(18)22-14(16-17)13-7-4-9-20-13/h2-7,9H,8,10H2,1H3. The molecule has 3 aromatic rings. The SMILES string of the molecule is COc1ccccc1OCCn1nc(-c2ccco2)oc1=O. The third kappa shape index (κ3) is 2.88. The quantitative estimate of drug-likeness (QED) is 0.694. The zero-order valence-electron chi connectivity index (χ0n) is 11.9. The normalized spacial score (nSPS) is 10.6. The number of hydrogen-bond donors (Lipinski definition) is 0. The van der Waals surface area contributed by atoms with Crippen LogP contribution in [0.15, 0.2) is 56.3 Å². The summed E-state index contributed by atoms with van der Waals surface area (Å²) in [6, 6.07) is 10.6. The first-order chi connectivity index (χ1) is 10.8. The van der Waals surface area contributed by atoms with Crippen LogP contribution in [0, 0.1) is 0 Å². The largest absolute Gasteiger partial charge is 0.493 e. The molecule has 0 aliphatic heterocycles. The minimum Gasteiger partial charge on any atom is -0.493 e. The van der Waals surface area contributed by atoms with E-state index in [1.165, 1.54) is 10.9 Å². The van der Waals surface area contributed by atoms with E-state index in [-0.39, 0.29) is 19.0 Å². The Bertz CT molecular complexity index is 788. The van der Waals surface area contributed by atoms with E-state index in [9.17, 15) is 4.79 Å². The molecular weight excluding hydrogens is 288 g/mol. The molecule has 1 aromatic carbocycles. The van der Waals surface area contributed by atoms with Gasteiger partial charge in [0.25, 0.3) is 5.89 Å². The Morgan fingerprint density at radius 1 is 1.18 bits per heavy atom. The molecule has 2 heterocycles. The van der Waals surface area contributed by atoms with E-state index in [0.717, 1.165) is 0 Å². The number of furan rings is 1. The zero-order valence-corrected chi connectivity index (χ0v) is 11.9. The van der Waals surface area contributed by atoms with Crippen LogP contribution in [0.5, 0.6) is 11.5 Å². The highest BCUT2D eigenvalue weighted by Gasteiger charge is 2.12. The van der Waals surface area contributed by atoms with Crippen molar-refractivity contribution < 1.29 is 18.3 Å². The Balaban J connectivity index is 1.66. The van der Waals surface area contributed by atoms with Crippen molar-refractivity contribution in [2.24, 2.45) is 0 Å². The van der Waals surface area contributed by atoms with Crippen LogP contribution >= 0.6 is 0 Å². The second kappa shape index (κ2) is 6.21. The number of nitrogens with zero attached hydrogens (tertiary/aromatic N) is 2. The van der Waals surface area contributed by atoms with Crippen molar-refractivity contribution in [3.63, 3.8) is 0 Å². The van der Waals surface area contributed by atoms with Crippen molar-refractivity contribution in [3.8, 4) is 23.1 Å². The van der Waals surface area contributed by atoms with Gasteiger partial charge in [-0.05, 0) is 24.3 Å². The molecule has 0 unspecified atom stereocenters. The molecule has 0 radical (unpaired) electrons. The van der Waals surface area contributed by atoms with Crippen LogP contribution in [0.2, 0.25) is 0 Å².